The molecule has 0 fully saturated rings. The van der Waals surface area contributed by atoms with Crippen LogP contribution < -0.4 is 0 Å². The first-order valence-electron chi connectivity index (χ1n) is 9.45. The molecule has 0 aliphatic heterocycles. The summed E-state index contributed by atoms with van der Waals surface area (Å²) in [6.45, 7) is 4.63. The van der Waals surface area contributed by atoms with Crippen LogP contribution in [0.15, 0.2) is 73.1 Å². The third-order valence-electron chi connectivity index (χ3n) is 6.18. The molecule has 0 saturated heterocycles. The molecule has 1 aliphatic carbocycles. The molecule has 0 N–H and O–H groups in total. The molecule has 2 heteroatoms. The first kappa shape index (κ1) is 15.4. The van der Waals surface area contributed by atoms with Gasteiger partial charge in [-0.2, -0.15) is 0 Å². The van der Waals surface area contributed by atoms with Crippen molar-refractivity contribution in [2.45, 2.75) is 32.1 Å². The lowest BCUT2D eigenvalue weighted by Crippen LogP contribution is -2.23. The zero-order valence-electron chi connectivity index (χ0n) is 15.2. The Morgan fingerprint density at radius 2 is 1.54 bits per heavy atom. The molecule has 1 aliphatic rings. The van der Waals surface area contributed by atoms with E-state index < -0.39 is 0 Å². The fraction of sp³-hybridized carbons (Fsp3) is 0.208. The van der Waals surface area contributed by atoms with Crippen LogP contribution in [0.4, 0.5) is 0 Å². The second-order valence-electron chi connectivity index (χ2n) is 7.17. The van der Waals surface area contributed by atoms with Crippen LogP contribution in [0.1, 0.15) is 37.8 Å². The largest absolute Gasteiger partial charge is 0.299 e. The van der Waals surface area contributed by atoms with Gasteiger partial charge in [0.15, 0.2) is 0 Å². The van der Waals surface area contributed by atoms with Crippen molar-refractivity contribution in [1.82, 2.24) is 9.55 Å². The van der Waals surface area contributed by atoms with E-state index in [0.29, 0.717) is 0 Å². The standard InChI is InChI=1S/C24H22N2/c1-3-24(4-2)20-13-9-8-12-18(20)19-14-22-23(15-21(19)24)26(16-25-22)17-10-6-5-7-11-17/h5-16H,3-4H2,1-2H3. The molecule has 0 atom stereocenters. The van der Waals surface area contributed by atoms with Gasteiger partial charge in [0.05, 0.1) is 11.0 Å². The van der Waals surface area contributed by atoms with E-state index in [0.717, 1.165) is 24.0 Å². The minimum Gasteiger partial charge on any atom is -0.299 e. The van der Waals surface area contributed by atoms with E-state index in [9.17, 15) is 0 Å². The highest BCUT2D eigenvalue weighted by Gasteiger charge is 2.40. The van der Waals surface area contributed by atoms with Crippen LogP contribution in [-0.4, -0.2) is 9.55 Å². The molecule has 4 aromatic rings. The SMILES string of the molecule is CCC1(CC)c2ccccc2-c2cc3ncn(-c4ccccc4)c3cc21. The Balaban J connectivity index is 1.83. The predicted octanol–water partition coefficient (Wildman–Crippen LogP) is 6.11. The van der Waals surface area contributed by atoms with Crippen molar-refractivity contribution < 1.29 is 0 Å². The van der Waals surface area contributed by atoms with Gasteiger partial charge in [-0.3, -0.25) is 4.57 Å². The summed E-state index contributed by atoms with van der Waals surface area (Å²) in [7, 11) is 0. The number of hydrogen-bond acceptors (Lipinski definition) is 1. The molecule has 128 valence electrons. The van der Waals surface area contributed by atoms with Crippen LogP contribution in [0.25, 0.3) is 27.8 Å². The summed E-state index contributed by atoms with van der Waals surface area (Å²) in [6.07, 6.45) is 4.16. The number of para-hydroxylation sites is 1. The van der Waals surface area contributed by atoms with Gasteiger partial charge in [-0.25, -0.2) is 4.98 Å². The quantitative estimate of drug-likeness (QED) is 0.440. The summed E-state index contributed by atoms with van der Waals surface area (Å²) < 4.78 is 2.20. The van der Waals surface area contributed by atoms with Crippen molar-refractivity contribution in [2.24, 2.45) is 0 Å². The molecule has 0 radical (unpaired) electrons. The van der Waals surface area contributed by atoms with Crippen molar-refractivity contribution in [3.63, 3.8) is 0 Å². The first-order valence-corrected chi connectivity index (χ1v) is 9.45. The third kappa shape index (κ3) is 1.90. The summed E-state index contributed by atoms with van der Waals surface area (Å²) in [6, 6.07) is 24.0. The van der Waals surface area contributed by atoms with Gasteiger partial charge in [-0.05, 0) is 59.4 Å². The summed E-state index contributed by atoms with van der Waals surface area (Å²) >= 11 is 0. The maximum Gasteiger partial charge on any atom is 0.100 e. The molecule has 0 bridgehead atoms. The van der Waals surface area contributed by atoms with Gasteiger partial charge in [0.1, 0.15) is 6.33 Å². The normalized spacial score (nSPS) is 14.4. The van der Waals surface area contributed by atoms with E-state index >= 15 is 0 Å². The second kappa shape index (κ2) is 5.57. The lowest BCUT2D eigenvalue weighted by atomic mass is 9.74. The average molecular weight is 338 g/mol. The van der Waals surface area contributed by atoms with Gasteiger partial charge in [-0.15, -0.1) is 0 Å². The number of hydrogen-bond donors (Lipinski definition) is 0. The van der Waals surface area contributed by atoms with Gasteiger partial charge in [0.25, 0.3) is 0 Å². The molecule has 0 spiro atoms. The molecule has 1 aromatic heterocycles. The fourth-order valence-corrected chi connectivity index (χ4v) is 4.76. The van der Waals surface area contributed by atoms with E-state index in [1.807, 2.05) is 6.33 Å². The summed E-state index contributed by atoms with van der Waals surface area (Å²) in [5, 5.41) is 0. The Hall–Kier alpha value is -2.87. The van der Waals surface area contributed by atoms with Gasteiger partial charge in [0, 0.05) is 11.1 Å². The fourth-order valence-electron chi connectivity index (χ4n) is 4.76. The number of imidazole rings is 1. The van der Waals surface area contributed by atoms with E-state index in [1.165, 1.54) is 27.8 Å². The highest BCUT2D eigenvalue weighted by atomic mass is 15.0. The molecule has 3 aromatic carbocycles. The Kier molecular flexibility index (Phi) is 3.30. The van der Waals surface area contributed by atoms with Crippen LogP contribution >= 0.6 is 0 Å². The van der Waals surface area contributed by atoms with Crippen molar-refractivity contribution in [1.29, 1.82) is 0 Å². The van der Waals surface area contributed by atoms with Gasteiger partial charge in [-0.1, -0.05) is 56.3 Å². The molecule has 0 unspecified atom stereocenters. The minimum atomic E-state index is 0.103. The molecule has 0 amide bonds. The van der Waals surface area contributed by atoms with Crippen LogP contribution in [0.5, 0.6) is 0 Å². The molecular weight excluding hydrogens is 316 g/mol. The van der Waals surface area contributed by atoms with Crippen molar-refractivity contribution in [3.8, 4) is 16.8 Å². The van der Waals surface area contributed by atoms with Crippen molar-refractivity contribution >= 4 is 11.0 Å². The van der Waals surface area contributed by atoms with Crippen LogP contribution in [0.2, 0.25) is 0 Å². The van der Waals surface area contributed by atoms with Crippen molar-refractivity contribution in [3.05, 3.63) is 84.2 Å². The lowest BCUT2D eigenvalue weighted by molar-refractivity contribution is 0.491. The number of fused-ring (bicyclic) bond motifs is 4. The topological polar surface area (TPSA) is 17.8 Å². The zero-order valence-corrected chi connectivity index (χ0v) is 15.2. The number of aromatic nitrogens is 2. The maximum atomic E-state index is 4.71. The van der Waals surface area contributed by atoms with E-state index in [4.69, 9.17) is 4.98 Å². The van der Waals surface area contributed by atoms with Gasteiger partial charge >= 0.3 is 0 Å². The van der Waals surface area contributed by atoms with E-state index in [-0.39, 0.29) is 5.41 Å². The lowest BCUT2D eigenvalue weighted by Gasteiger charge is -2.29. The molecule has 26 heavy (non-hydrogen) atoms. The predicted molar refractivity (Wildman–Crippen MR) is 108 cm³/mol. The van der Waals surface area contributed by atoms with E-state index in [1.54, 1.807) is 0 Å². The minimum absolute atomic E-state index is 0.103. The highest BCUT2D eigenvalue weighted by molar-refractivity contribution is 5.91. The Labute approximate surface area is 154 Å². The number of rotatable bonds is 3. The highest BCUT2D eigenvalue weighted by Crippen LogP contribution is 2.53. The summed E-state index contributed by atoms with van der Waals surface area (Å²) in [5.41, 5.74) is 9.17. The molecule has 1 heterocycles. The van der Waals surface area contributed by atoms with Crippen LogP contribution in [0, 0.1) is 0 Å². The molecule has 0 saturated carbocycles. The summed E-state index contributed by atoms with van der Waals surface area (Å²) in [5.74, 6) is 0. The van der Waals surface area contributed by atoms with Gasteiger partial charge < -0.3 is 0 Å². The monoisotopic (exact) mass is 338 g/mol. The smallest absolute Gasteiger partial charge is 0.100 e. The third-order valence-corrected chi connectivity index (χ3v) is 6.18. The molecule has 2 nitrogen and oxygen atoms in total. The summed E-state index contributed by atoms with van der Waals surface area (Å²) in [4.78, 5) is 4.71. The zero-order chi connectivity index (χ0) is 17.7. The number of nitrogens with zero attached hydrogens (tertiary/aromatic N) is 2. The average Bonchev–Trinajstić information content (AvgIpc) is 3.24. The Morgan fingerprint density at radius 1 is 0.808 bits per heavy atom. The first-order chi connectivity index (χ1) is 12.8. The van der Waals surface area contributed by atoms with Gasteiger partial charge in [0.2, 0.25) is 0 Å². The van der Waals surface area contributed by atoms with Crippen LogP contribution in [0.3, 0.4) is 0 Å². The second-order valence-corrected chi connectivity index (χ2v) is 7.17. The number of benzene rings is 3. The Bertz CT molecular complexity index is 1100. The molecular formula is C24H22N2. The Morgan fingerprint density at radius 3 is 2.31 bits per heavy atom. The molecule has 5 rings (SSSR count). The maximum absolute atomic E-state index is 4.71. The van der Waals surface area contributed by atoms with E-state index in [2.05, 4.69) is 85.1 Å². The van der Waals surface area contributed by atoms with Crippen molar-refractivity contribution in [2.75, 3.05) is 0 Å². The van der Waals surface area contributed by atoms with Crippen LogP contribution in [-0.2, 0) is 5.41 Å².